The molecule has 0 aliphatic heterocycles. The number of carbonyl (C=O) groups excluding carboxylic acids is 1. The van der Waals surface area contributed by atoms with Crippen molar-refractivity contribution in [3.8, 4) is 0 Å². The summed E-state index contributed by atoms with van der Waals surface area (Å²) in [6.07, 6.45) is 5.34. The molecule has 0 spiro atoms. The lowest BCUT2D eigenvalue weighted by Crippen LogP contribution is -2.38. The highest BCUT2D eigenvalue weighted by molar-refractivity contribution is 5.92. The third-order valence-electron chi connectivity index (χ3n) is 3.08. The second kappa shape index (κ2) is 4.31. The number of rotatable bonds is 2. The van der Waals surface area contributed by atoms with Gasteiger partial charge in [0.2, 0.25) is 0 Å². The molecule has 1 aliphatic rings. The van der Waals surface area contributed by atoms with Gasteiger partial charge in [0.1, 0.15) is 0 Å². The minimum atomic E-state index is -0.491. The fourth-order valence-corrected chi connectivity index (χ4v) is 2.61. The van der Waals surface area contributed by atoms with Gasteiger partial charge in [-0.2, -0.15) is 0 Å². The van der Waals surface area contributed by atoms with Gasteiger partial charge in [-0.25, -0.2) is 0 Å². The minimum Gasteiger partial charge on any atom is -0.388 e. The molecule has 2 atom stereocenters. The summed E-state index contributed by atoms with van der Waals surface area (Å²) in [4.78, 5) is 11.4. The zero-order chi connectivity index (χ0) is 11.6. The van der Waals surface area contributed by atoms with E-state index >= 15 is 0 Å². The summed E-state index contributed by atoms with van der Waals surface area (Å²) in [7, 11) is 0. The van der Waals surface area contributed by atoms with Gasteiger partial charge in [0.15, 0.2) is 5.78 Å². The van der Waals surface area contributed by atoms with Crippen LogP contribution in [0.25, 0.3) is 0 Å². The Hall–Kier alpha value is -0.890. The van der Waals surface area contributed by atoms with Gasteiger partial charge in [-0.05, 0) is 25.3 Å². The molecule has 0 aromatic rings. The SMILES string of the molecule is C/C=C/C(O)C1C(C)=CC(=O)CC1(C)C. The standard InChI is InChI=1S/C13H20O2/c1-5-6-11(15)12-9(2)7-10(14)8-13(12,3)4/h5-7,11-12,15H,8H2,1-4H3/b6-5+. The van der Waals surface area contributed by atoms with Crippen molar-refractivity contribution in [2.24, 2.45) is 11.3 Å². The molecule has 0 saturated carbocycles. The largest absolute Gasteiger partial charge is 0.388 e. The monoisotopic (exact) mass is 208 g/mol. The molecule has 0 heterocycles. The predicted molar refractivity (Wildman–Crippen MR) is 61.5 cm³/mol. The Balaban J connectivity index is 3.03. The lowest BCUT2D eigenvalue weighted by Gasteiger charge is -2.39. The molecule has 0 aromatic carbocycles. The van der Waals surface area contributed by atoms with E-state index in [1.54, 1.807) is 12.2 Å². The Labute approximate surface area is 91.7 Å². The average Bonchev–Trinajstić information content (AvgIpc) is 1.99. The van der Waals surface area contributed by atoms with Crippen LogP contribution in [0.4, 0.5) is 0 Å². The molecular weight excluding hydrogens is 188 g/mol. The lowest BCUT2D eigenvalue weighted by atomic mass is 9.66. The summed E-state index contributed by atoms with van der Waals surface area (Å²) in [5.41, 5.74) is 0.830. The minimum absolute atomic E-state index is 0.0476. The van der Waals surface area contributed by atoms with Gasteiger partial charge in [-0.3, -0.25) is 4.79 Å². The third-order valence-corrected chi connectivity index (χ3v) is 3.08. The van der Waals surface area contributed by atoms with Crippen molar-refractivity contribution in [2.75, 3.05) is 0 Å². The van der Waals surface area contributed by atoms with E-state index in [0.29, 0.717) is 6.42 Å². The molecule has 1 rings (SSSR count). The molecule has 0 saturated heterocycles. The first-order valence-electron chi connectivity index (χ1n) is 5.40. The Kier molecular flexibility index (Phi) is 3.50. The highest BCUT2D eigenvalue weighted by atomic mass is 16.3. The van der Waals surface area contributed by atoms with Crippen LogP contribution in [-0.2, 0) is 4.79 Å². The Morgan fingerprint density at radius 1 is 1.60 bits per heavy atom. The second-order valence-electron chi connectivity index (χ2n) is 5.01. The molecule has 0 bridgehead atoms. The summed E-state index contributed by atoms with van der Waals surface area (Å²) in [5, 5.41) is 10.0. The van der Waals surface area contributed by atoms with Crippen LogP contribution in [0.2, 0.25) is 0 Å². The van der Waals surface area contributed by atoms with Gasteiger partial charge in [0.05, 0.1) is 6.10 Å². The topological polar surface area (TPSA) is 37.3 Å². The van der Waals surface area contributed by atoms with E-state index in [9.17, 15) is 9.90 Å². The Morgan fingerprint density at radius 2 is 2.20 bits per heavy atom. The van der Waals surface area contributed by atoms with Gasteiger partial charge in [0.25, 0.3) is 0 Å². The Morgan fingerprint density at radius 3 is 2.67 bits per heavy atom. The lowest BCUT2D eigenvalue weighted by molar-refractivity contribution is -0.118. The molecule has 0 amide bonds. The molecular formula is C13H20O2. The molecule has 0 radical (unpaired) electrons. The smallest absolute Gasteiger partial charge is 0.156 e. The van der Waals surface area contributed by atoms with Crippen LogP contribution in [0.1, 0.15) is 34.1 Å². The molecule has 15 heavy (non-hydrogen) atoms. The van der Waals surface area contributed by atoms with E-state index < -0.39 is 6.10 Å². The average molecular weight is 208 g/mol. The first-order chi connectivity index (χ1) is 6.88. The quantitative estimate of drug-likeness (QED) is 0.708. The normalized spacial score (nSPS) is 27.9. The molecule has 1 N–H and O–H groups in total. The highest BCUT2D eigenvalue weighted by Gasteiger charge is 2.39. The number of ketones is 1. The fraction of sp³-hybridized carbons (Fsp3) is 0.615. The van der Waals surface area contributed by atoms with Crippen molar-refractivity contribution in [1.82, 2.24) is 0 Å². The van der Waals surface area contributed by atoms with Gasteiger partial charge in [0, 0.05) is 12.3 Å². The molecule has 2 nitrogen and oxygen atoms in total. The maximum absolute atomic E-state index is 11.4. The number of aliphatic hydroxyl groups is 1. The predicted octanol–water partition coefficient (Wildman–Crippen LogP) is 2.48. The molecule has 0 fully saturated rings. The van der Waals surface area contributed by atoms with Gasteiger partial charge < -0.3 is 5.11 Å². The van der Waals surface area contributed by atoms with E-state index in [0.717, 1.165) is 5.57 Å². The fourth-order valence-electron chi connectivity index (χ4n) is 2.61. The van der Waals surface area contributed by atoms with Crippen molar-refractivity contribution < 1.29 is 9.90 Å². The van der Waals surface area contributed by atoms with E-state index in [2.05, 4.69) is 0 Å². The maximum Gasteiger partial charge on any atom is 0.156 e. The number of hydrogen-bond donors (Lipinski definition) is 1. The van der Waals surface area contributed by atoms with E-state index in [1.807, 2.05) is 33.8 Å². The van der Waals surface area contributed by atoms with Crippen LogP contribution in [0.5, 0.6) is 0 Å². The molecule has 2 heteroatoms. The number of hydrogen-bond acceptors (Lipinski definition) is 2. The van der Waals surface area contributed by atoms with Crippen LogP contribution in [0, 0.1) is 11.3 Å². The number of allylic oxidation sites excluding steroid dienone is 2. The maximum atomic E-state index is 11.4. The first kappa shape index (κ1) is 12.2. The number of carbonyl (C=O) groups is 1. The van der Waals surface area contributed by atoms with E-state index in [1.165, 1.54) is 0 Å². The molecule has 0 aromatic heterocycles. The van der Waals surface area contributed by atoms with Crippen molar-refractivity contribution in [2.45, 2.75) is 40.2 Å². The highest BCUT2D eigenvalue weighted by Crippen LogP contribution is 2.41. The summed E-state index contributed by atoms with van der Waals surface area (Å²) < 4.78 is 0. The molecule has 1 aliphatic carbocycles. The zero-order valence-electron chi connectivity index (χ0n) is 9.95. The van der Waals surface area contributed by atoms with Gasteiger partial charge in [-0.1, -0.05) is 31.6 Å². The van der Waals surface area contributed by atoms with Crippen LogP contribution in [-0.4, -0.2) is 17.0 Å². The van der Waals surface area contributed by atoms with Gasteiger partial charge >= 0.3 is 0 Å². The van der Waals surface area contributed by atoms with Crippen LogP contribution in [0.15, 0.2) is 23.8 Å². The summed E-state index contributed by atoms with van der Waals surface area (Å²) in [6.45, 7) is 7.90. The summed E-state index contributed by atoms with van der Waals surface area (Å²) in [5.74, 6) is 0.216. The zero-order valence-corrected chi connectivity index (χ0v) is 9.95. The van der Waals surface area contributed by atoms with Crippen LogP contribution in [0.3, 0.4) is 0 Å². The first-order valence-corrected chi connectivity index (χ1v) is 5.40. The Bertz CT molecular complexity index is 310. The molecule has 84 valence electrons. The van der Waals surface area contributed by atoms with Crippen molar-refractivity contribution in [1.29, 1.82) is 0 Å². The van der Waals surface area contributed by atoms with Crippen molar-refractivity contribution in [3.05, 3.63) is 23.8 Å². The van der Waals surface area contributed by atoms with Crippen molar-refractivity contribution >= 4 is 5.78 Å². The van der Waals surface area contributed by atoms with Crippen molar-refractivity contribution in [3.63, 3.8) is 0 Å². The number of aliphatic hydroxyl groups excluding tert-OH is 1. The third kappa shape index (κ3) is 2.57. The van der Waals surface area contributed by atoms with E-state index in [4.69, 9.17) is 0 Å². The van der Waals surface area contributed by atoms with E-state index in [-0.39, 0.29) is 17.1 Å². The second-order valence-corrected chi connectivity index (χ2v) is 5.01. The van der Waals surface area contributed by atoms with Gasteiger partial charge in [-0.15, -0.1) is 0 Å². The molecule has 2 unspecified atom stereocenters. The van der Waals surface area contributed by atoms with Crippen LogP contribution >= 0.6 is 0 Å². The summed E-state index contributed by atoms with van der Waals surface area (Å²) in [6, 6.07) is 0. The summed E-state index contributed by atoms with van der Waals surface area (Å²) >= 11 is 0. The van der Waals surface area contributed by atoms with Crippen LogP contribution < -0.4 is 0 Å².